The van der Waals surface area contributed by atoms with Crippen molar-refractivity contribution in [1.29, 1.82) is 0 Å². The fraction of sp³-hybridized carbons (Fsp3) is 0.455. The number of carbonyl (C=O) groups is 1. The molecule has 2 aliphatic heterocycles. The predicted octanol–water partition coefficient (Wildman–Crippen LogP) is 2.41. The van der Waals surface area contributed by atoms with Gasteiger partial charge < -0.3 is 14.2 Å². The Hall–Kier alpha value is -3.00. The number of amides is 1. The number of ether oxygens (including phenoxy) is 1. The van der Waals surface area contributed by atoms with Gasteiger partial charge >= 0.3 is 0 Å². The molecule has 4 heterocycles. The lowest BCUT2D eigenvalue weighted by molar-refractivity contribution is 0.0779. The predicted molar refractivity (Wildman–Crippen MR) is 112 cm³/mol. The molecule has 1 aromatic carbocycles. The summed E-state index contributed by atoms with van der Waals surface area (Å²) < 4.78 is 7.83. The van der Waals surface area contributed by atoms with Gasteiger partial charge in [0.25, 0.3) is 11.5 Å². The summed E-state index contributed by atoms with van der Waals surface area (Å²) in [6.45, 7) is 4.90. The van der Waals surface area contributed by atoms with Crippen molar-refractivity contribution < 1.29 is 9.53 Å². The minimum absolute atomic E-state index is 0.143. The van der Waals surface area contributed by atoms with Crippen LogP contribution in [0.15, 0.2) is 35.3 Å². The van der Waals surface area contributed by atoms with Crippen LogP contribution in [0.25, 0.3) is 10.8 Å². The van der Waals surface area contributed by atoms with Gasteiger partial charge in [0, 0.05) is 49.5 Å². The zero-order valence-corrected chi connectivity index (χ0v) is 17.0. The quantitative estimate of drug-likeness (QED) is 0.720. The first-order valence-electron chi connectivity index (χ1n) is 10.5. The first-order valence-corrected chi connectivity index (χ1v) is 10.5. The molecule has 1 N–H and O–H groups in total. The summed E-state index contributed by atoms with van der Waals surface area (Å²) in [5.41, 5.74) is 1.15. The topological polar surface area (TPSA) is 93.1 Å². The third-order valence-corrected chi connectivity index (χ3v) is 6.31. The zero-order chi connectivity index (χ0) is 20.7. The summed E-state index contributed by atoms with van der Waals surface area (Å²) in [6, 6.07) is 7.30. The minimum Gasteiger partial charge on any atom is -0.381 e. The molecule has 2 saturated heterocycles. The number of imidazole rings is 1. The Labute approximate surface area is 173 Å². The van der Waals surface area contributed by atoms with E-state index in [4.69, 9.17) is 9.72 Å². The van der Waals surface area contributed by atoms with Gasteiger partial charge in [-0.15, -0.1) is 0 Å². The number of H-pyrrole nitrogens is 1. The first-order chi connectivity index (χ1) is 14.6. The number of carbonyl (C=O) groups excluding carboxylic acids is 1. The Kier molecular flexibility index (Phi) is 4.86. The average molecular weight is 407 g/mol. The summed E-state index contributed by atoms with van der Waals surface area (Å²) in [5, 5.41) is 7.63. The second-order valence-electron chi connectivity index (χ2n) is 8.16. The van der Waals surface area contributed by atoms with Gasteiger partial charge in [-0.1, -0.05) is 18.2 Å². The summed E-state index contributed by atoms with van der Waals surface area (Å²) in [6.07, 6.45) is 4.78. The number of nitrogens with one attached hydrogen (secondary N) is 1. The van der Waals surface area contributed by atoms with Crippen LogP contribution in [0.4, 0.5) is 0 Å². The highest BCUT2D eigenvalue weighted by Crippen LogP contribution is 2.32. The van der Waals surface area contributed by atoms with E-state index in [1.807, 2.05) is 17.2 Å². The Morgan fingerprint density at radius 3 is 2.73 bits per heavy atom. The minimum atomic E-state index is -0.281. The molecule has 1 unspecified atom stereocenters. The van der Waals surface area contributed by atoms with Crippen molar-refractivity contribution in [2.24, 2.45) is 0 Å². The molecule has 8 nitrogen and oxygen atoms in total. The molecule has 3 aromatic rings. The second kappa shape index (κ2) is 7.68. The van der Waals surface area contributed by atoms with E-state index in [9.17, 15) is 9.59 Å². The molecule has 1 atom stereocenters. The molecule has 0 saturated carbocycles. The van der Waals surface area contributed by atoms with Gasteiger partial charge in [0.15, 0.2) is 5.69 Å². The highest BCUT2D eigenvalue weighted by molar-refractivity contribution is 6.04. The summed E-state index contributed by atoms with van der Waals surface area (Å²) in [4.78, 5) is 31.9. The normalized spacial score (nSPS) is 20.2. The molecule has 0 bridgehead atoms. The van der Waals surface area contributed by atoms with Gasteiger partial charge in [-0.05, 0) is 32.3 Å². The second-order valence-corrected chi connectivity index (χ2v) is 8.16. The molecule has 0 radical (unpaired) electrons. The van der Waals surface area contributed by atoms with Crippen molar-refractivity contribution in [2.45, 2.75) is 38.1 Å². The Bertz CT molecular complexity index is 1150. The Morgan fingerprint density at radius 1 is 1.17 bits per heavy atom. The number of hydrogen-bond donors (Lipinski definition) is 1. The van der Waals surface area contributed by atoms with Crippen molar-refractivity contribution in [2.75, 3.05) is 26.3 Å². The molecule has 2 fully saturated rings. The standard InChI is InChI=1S/C22H25N5O3/c1-14-12-23-20(15-7-10-30-11-8-15)27(14)16-6-9-26(13-16)22(29)19-17-4-2-3-5-18(17)21(28)25-24-19/h2-5,12,15-16H,6-11,13H2,1H3,(H,25,28). The van der Waals surface area contributed by atoms with Crippen LogP contribution in [-0.2, 0) is 4.74 Å². The smallest absolute Gasteiger partial charge is 0.275 e. The lowest BCUT2D eigenvalue weighted by Crippen LogP contribution is -2.31. The number of hydrogen-bond acceptors (Lipinski definition) is 5. The fourth-order valence-corrected chi connectivity index (χ4v) is 4.76. The van der Waals surface area contributed by atoms with Gasteiger partial charge in [0.2, 0.25) is 0 Å². The number of benzene rings is 1. The van der Waals surface area contributed by atoms with Crippen molar-refractivity contribution >= 4 is 16.7 Å². The van der Waals surface area contributed by atoms with Crippen LogP contribution in [0.3, 0.4) is 0 Å². The van der Waals surface area contributed by atoms with Crippen molar-refractivity contribution in [3.8, 4) is 0 Å². The maximum atomic E-state index is 13.3. The number of rotatable bonds is 3. The van der Waals surface area contributed by atoms with Gasteiger partial charge in [-0.2, -0.15) is 5.10 Å². The largest absolute Gasteiger partial charge is 0.381 e. The number of aromatic amines is 1. The van der Waals surface area contributed by atoms with Gasteiger partial charge in [0.05, 0.1) is 11.4 Å². The summed E-state index contributed by atoms with van der Waals surface area (Å²) in [7, 11) is 0. The van der Waals surface area contributed by atoms with Crippen molar-refractivity contribution in [3.63, 3.8) is 0 Å². The molecule has 8 heteroatoms. The molecule has 2 aromatic heterocycles. The zero-order valence-electron chi connectivity index (χ0n) is 17.0. The highest BCUT2D eigenvalue weighted by Gasteiger charge is 2.33. The number of likely N-dealkylation sites (tertiary alicyclic amines) is 1. The van der Waals surface area contributed by atoms with Gasteiger partial charge in [0.1, 0.15) is 5.82 Å². The van der Waals surface area contributed by atoms with E-state index in [1.54, 1.807) is 18.2 Å². The number of nitrogens with zero attached hydrogens (tertiary/aromatic N) is 4. The Balaban J connectivity index is 1.41. The van der Waals surface area contributed by atoms with E-state index in [0.29, 0.717) is 35.5 Å². The maximum absolute atomic E-state index is 13.3. The maximum Gasteiger partial charge on any atom is 0.275 e. The SMILES string of the molecule is Cc1cnc(C2CCOCC2)n1C1CCN(C(=O)c2n[nH]c(=O)c3ccccc23)C1. The number of fused-ring (bicyclic) bond motifs is 1. The highest BCUT2D eigenvalue weighted by atomic mass is 16.5. The molecule has 5 rings (SSSR count). The van der Waals surface area contributed by atoms with E-state index in [0.717, 1.165) is 44.0 Å². The van der Waals surface area contributed by atoms with Crippen molar-refractivity contribution in [1.82, 2.24) is 24.6 Å². The molecule has 1 amide bonds. The van der Waals surface area contributed by atoms with E-state index in [-0.39, 0.29) is 17.5 Å². The van der Waals surface area contributed by atoms with E-state index < -0.39 is 0 Å². The summed E-state index contributed by atoms with van der Waals surface area (Å²) >= 11 is 0. The van der Waals surface area contributed by atoms with Crippen LogP contribution in [0, 0.1) is 6.92 Å². The lowest BCUT2D eigenvalue weighted by Gasteiger charge is -2.26. The Morgan fingerprint density at radius 2 is 1.93 bits per heavy atom. The average Bonchev–Trinajstić information content (AvgIpc) is 3.41. The van der Waals surface area contributed by atoms with Crippen LogP contribution in [0.2, 0.25) is 0 Å². The van der Waals surface area contributed by atoms with E-state index in [1.165, 1.54) is 0 Å². The van der Waals surface area contributed by atoms with Crippen LogP contribution in [0.5, 0.6) is 0 Å². The van der Waals surface area contributed by atoms with Gasteiger partial charge in [-0.3, -0.25) is 9.59 Å². The first kappa shape index (κ1) is 19.0. The van der Waals surface area contributed by atoms with E-state index >= 15 is 0 Å². The monoisotopic (exact) mass is 407 g/mol. The summed E-state index contributed by atoms with van der Waals surface area (Å²) in [5.74, 6) is 1.38. The third-order valence-electron chi connectivity index (χ3n) is 6.31. The molecular weight excluding hydrogens is 382 g/mol. The van der Waals surface area contributed by atoms with Gasteiger partial charge in [-0.25, -0.2) is 10.1 Å². The van der Waals surface area contributed by atoms with Crippen LogP contribution >= 0.6 is 0 Å². The van der Waals surface area contributed by atoms with Crippen LogP contribution in [-0.4, -0.2) is 56.9 Å². The molecular formula is C22H25N5O3. The van der Waals surface area contributed by atoms with E-state index in [2.05, 4.69) is 21.7 Å². The number of aromatic nitrogens is 4. The molecule has 0 aliphatic carbocycles. The van der Waals surface area contributed by atoms with Crippen LogP contribution in [0.1, 0.15) is 53.2 Å². The molecule has 156 valence electrons. The third kappa shape index (κ3) is 3.21. The van der Waals surface area contributed by atoms with Crippen LogP contribution < -0.4 is 5.56 Å². The number of aryl methyl sites for hydroxylation is 1. The molecule has 0 spiro atoms. The molecule has 30 heavy (non-hydrogen) atoms. The fourth-order valence-electron chi connectivity index (χ4n) is 4.76. The van der Waals surface area contributed by atoms with Crippen molar-refractivity contribution in [3.05, 3.63) is 58.0 Å². The molecule has 2 aliphatic rings. The lowest BCUT2D eigenvalue weighted by atomic mass is 9.99.